The molecule has 29 heavy (non-hydrogen) atoms. The van der Waals surface area contributed by atoms with Crippen molar-refractivity contribution < 1.29 is 17.5 Å². The molecule has 1 fully saturated rings. The van der Waals surface area contributed by atoms with Gasteiger partial charge in [0.25, 0.3) is 0 Å². The molecule has 2 aromatic heterocycles. The van der Waals surface area contributed by atoms with Gasteiger partial charge in [-0.3, -0.25) is 0 Å². The Morgan fingerprint density at radius 2 is 1.93 bits per heavy atom. The van der Waals surface area contributed by atoms with Gasteiger partial charge in [0.2, 0.25) is 15.9 Å². The van der Waals surface area contributed by atoms with Crippen LogP contribution in [0, 0.1) is 5.82 Å². The number of nitrogens with zero attached hydrogens (tertiary/aromatic N) is 5. The minimum absolute atomic E-state index is 0.0247. The van der Waals surface area contributed by atoms with E-state index < -0.39 is 15.8 Å². The first-order chi connectivity index (χ1) is 13.9. The number of benzene rings is 1. The summed E-state index contributed by atoms with van der Waals surface area (Å²) in [4.78, 5) is -0.0247. The van der Waals surface area contributed by atoms with E-state index in [1.165, 1.54) is 10.4 Å². The molecule has 11 heteroatoms. The Bertz CT molecular complexity index is 1090. The Morgan fingerprint density at radius 1 is 1.14 bits per heavy atom. The minimum atomic E-state index is -3.74. The van der Waals surface area contributed by atoms with E-state index >= 15 is 0 Å². The van der Waals surface area contributed by atoms with Crippen molar-refractivity contribution in [2.45, 2.75) is 23.8 Å². The van der Waals surface area contributed by atoms with Gasteiger partial charge in [-0.05, 0) is 43.2 Å². The number of hydrogen-bond donors (Lipinski definition) is 0. The number of halogens is 2. The molecule has 4 rings (SSSR count). The molecular formula is C18H17ClFN5O3S. The Labute approximate surface area is 171 Å². The van der Waals surface area contributed by atoms with Crippen LogP contribution in [-0.2, 0) is 10.0 Å². The van der Waals surface area contributed by atoms with Crippen molar-refractivity contribution in [3.8, 4) is 11.7 Å². The van der Waals surface area contributed by atoms with Crippen LogP contribution in [0.15, 0.2) is 53.7 Å². The third-order valence-electron chi connectivity index (χ3n) is 4.58. The molecule has 0 aliphatic carbocycles. The average Bonchev–Trinajstić information content (AvgIpc) is 3.26. The topological polar surface area (TPSA) is 90.2 Å². The molecule has 3 heterocycles. The van der Waals surface area contributed by atoms with Crippen LogP contribution in [0.2, 0.25) is 5.02 Å². The second kappa shape index (κ2) is 8.05. The van der Waals surface area contributed by atoms with Crippen LogP contribution in [0.5, 0.6) is 5.88 Å². The first-order valence-corrected chi connectivity index (χ1v) is 10.7. The molecule has 1 aromatic carbocycles. The summed E-state index contributed by atoms with van der Waals surface area (Å²) in [5.74, 6) is 0.283. The zero-order valence-electron chi connectivity index (χ0n) is 15.1. The van der Waals surface area contributed by atoms with Crippen molar-refractivity contribution in [2.75, 3.05) is 13.1 Å². The van der Waals surface area contributed by atoms with Gasteiger partial charge in [-0.2, -0.15) is 9.40 Å². The lowest BCUT2D eigenvalue weighted by atomic mass is 10.1. The van der Waals surface area contributed by atoms with Gasteiger partial charge in [-0.15, -0.1) is 10.2 Å². The van der Waals surface area contributed by atoms with E-state index in [1.807, 2.05) is 0 Å². The molecule has 0 amide bonds. The summed E-state index contributed by atoms with van der Waals surface area (Å²) >= 11 is 5.72. The predicted molar refractivity (Wildman–Crippen MR) is 103 cm³/mol. The van der Waals surface area contributed by atoms with Crippen LogP contribution in [0.3, 0.4) is 0 Å². The summed E-state index contributed by atoms with van der Waals surface area (Å²) in [6.45, 7) is 0.557. The lowest BCUT2D eigenvalue weighted by Crippen LogP contribution is -2.41. The maximum Gasteiger partial charge on any atom is 0.243 e. The highest BCUT2D eigenvalue weighted by Gasteiger charge is 2.30. The number of sulfonamides is 1. The number of aromatic nitrogens is 4. The normalized spacial score (nSPS) is 16.1. The van der Waals surface area contributed by atoms with Gasteiger partial charge in [0.15, 0.2) is 5.82 Å². The van der Waals surface area contributed by atoms with Crippen molar-refractivity contribution in [1.29, 1.82) is 0 Å². The van der Waals surface area contributed by atoms with Gasteiger partial charge in [-0.25, -0.2) is 17.5 Å². The van der Waals surface area contributed by atoms with Crippen LogP contribution in [0.25, 0.3) is 5.82 Å². The summed E-state index contributed by atoms with van der Waals surface area (Å²) in [6.07, 6.45) is 4.22. The van der Waals surface area contributed by atoms with E-state index in [4.69, 9.17) is 16.3 Å². The zero-order valence-corrected chi connectivity index (χ0v) is 16.7. The molecule has 1 saturated heterocycles. The van der Waals surface area contributed by atoms with Crippen molar-refractivity contribution in [1.82, 2.24) is 24.3 Å². The van der Waals surface area contributed by atoms with Gasteiger partial charge in [-0.1, -0.05) is 11.6 Å². The average molecular weight is 438 g/mol. The quantitative estimate of drug-likeness (QED) is 0.609. The highest BCUT2D eigenvalue weighted by Crippen LogP contribution is 2.26. The first-order valence-electron chi connectivity index (χ1n) is 8.89. The summed E-state index contributed by atoms with van der Waals surface area (Å²) in [5, 5.41) is 12.0. The molecule has 3 aromatic rings. The van der Waals surface area contributed by atoms with E-state index in [1.54, 1.807) is 35.3 Å². The van der Waals surface area contributed by atoms with Crippen LogP contribution < -0.4 is 4.74 Å². The van der Waals surface area contributed by atoms with E-state index in [0.29, 0.717) is 24.5 Å². The number of piperidine rings is 1. The molecule has 0 bridgehead atoms. The zero-order chi connectivity index (χ0) is 20.4. The summed E-state index contributed by atoms with van der Waals surface area (Å²) in [5.41, 5.74) is 0. The van der Waals surface area contributed by atoms with Crippen molar-refractivity contribution in [3.05, 3.63) is 59.6 Å². The van der Waals surface area contributed by atoms with Crippen molar-refractivity contribution in [3.63, 3.8) is 0 Å². The number of rotatable bonds is 5. The summed E-state index contributed by atoms with van der Waals surface area (Å²) in [7, 11) is -3.74. The molecule has 0 spiro atoms. The molecule has 0 atom stereocenters. The van der Waals surface area contributed by atoms with Gasteiger partial charge in [0.05, 0.1) is 9.92 Å². The molecule has 8 nitrogen and oxygen atoms in total. The van der Waals surface area contributed by atoms with Crippen LogP contribution >= 0.6 is 11.6 Å². The van der Waals surface area contributed by atoms with Gasteiger partial charge in [0.1, 0.15) is 11.9 Å². The monoisotopic (exact) mass is 437 g/mol. The Kier molecular flexibility index (Phi) is 5.48. The first kappa shape index (κ1) is 19.7. The van der Waals surface area contributed by atoms with Crippen molar-refractivity contribution >= 4 is 21.6 Å². The fourth-order valence-corrected chi connectivity index (χ4v) is 4.79. The van der Waals surface area contributed by atoms with Crippen molar-refractivity contribution in [2.24, 2.45) is 0 Å². The minimum Gasteiger partial charge on any atom is -0.473 e. The predicted octanol–water partition coefficient (Wildman–Crippen LogP) is 2.69. The smallest absolute Gasteiger partial charge is 0.243 e. The molecule has 1 aliphatic rings. The molecule has 0 N–H and O–H groups in total. The Morgan fingerprint density at radius 3 is 2.55 bits per heavy atom. The lowest BCUT2D eigenvalue weighted by molar-refractivity contribution is 0.128. The van der Waals surface area contributed by atoms with Gasteiger partial charge < -0.3 is 4.74 Å². The lowest BCUT2D eigenvalue weighted by Gasteiger charge is -2.31. The molecular weight excluding hydrogens is 421 g/mol. The SMILES string of the molecule is O=S(=O)(c1ccc(F)c(Cl)c1)N1CCC(Oc2ccc(-n3cccn3)nn2)CC1. The van der Waals surface area contributed by atoms with Gasteiger partial charge >= 0.3 is 0 Å². The Hall–Kier alpha value is -2.56. The van der Waals surface area contributed by atoms with E-state index in [0.717, 1.165) is 12.1 Å². The summed E-state index contributed by atoms with van der Waals surface area (Å²) in [6, 6.07) is 8.63. The highest BCUT2D eigenvalue weighted by atomic mass is 35.5. The highest BCUT2D eigenvalue weighted by molar-refractivity contribution is 7.89. The third kappa shape index (κ3) is 4.24. The second-order valence-electron chi connectivity index (χ2n) is 6.48. The van der Waals surface area contributed by atoms with E-state index in [9.17, 15) is 12.8 Å². The standard InChI is InChI=1S/C18H17ClFN5O3S/c19-15-12-14(2-3-16(15)20)29(26,27)24-10-6-13(7-11-24)28-18-5-4-17(22-23-18)25-9-1-8-21-25/h1-5,8-9,12-13H,6-7,10-11H2. The third-order valence-corrected chi connectivity index (χ3v) is 6.77. The van der Waals surface area contributed by atoms with Crippen LogP contribution in [-0.4, -0.2) is 51.9 Å². The number of hydrogen-bond acceptors (Lipinski definition) is 6. The molecule has 0 radical (unpaired) electrons. The maximum atomic E-state index is 13.3. The second-order valence-corrected chi connectivity index (χ2v) is 8.82. The van der Waals surface area contributed by atoms with Crippen LogP contribution in [0.4, 0.5) is 4.39 Å². The van der Waals surface area contributed by atoms with E-state index in [-0.39, 0.29) is 29.1 Å². The molecule has 0 unspecified atom stereocenters. The molecule has 1 aliphatic heterocycles. The fraction of sp³-hybridized carbons (Fsp3) is 0.278. The van der Waals surface area contributed by atoms with Gasteiger partial charge in [0, 0.05) is 31.5 Å². The summed E-state index contributed by atoms with van der Waals surface area (Å²) < 4.78 is 47.6. The molecule has 0 saturated carbocycles. The molecule has 152 valence electrons. The van der Waals surface area contributed by atoms with E-state index in [2.05, 4.69) is 15.3 Å². The number of ether oxygens (including phenoxy) is 1. The largest absolute Gasteiger partial charge is 0.473 e. The maximum absolute atomic E-state index is 13.3. The Balaban J connectivity index is 1.37. The fourth-order valence-electron chi connectivity index (χ4n) is 3.05. The van der Waals surface area contributed by atoms with Crippen LogP contribution in [0.1, 0.15) is 12.8 Å².